The largest absolute Gasteiger partial charge is 0.505 e. The molecular formula is C16H12N4O2. The molecule has 2 aromatic heterocycles. The van der Waals surface area contributed by atoms with E-state index in [2.05, 4.69) is 9.97 Å². The Kier molecular flexibility index (Phi) is 2.62. The molecule has 0 unspecified atom stereocenters. The van der Waals surface area contributed by atoms with Crippen LogP contribution in [0.2, 0.25) is 0 Å². The third-order valence-electron chi connectivity index (χ3n) is 3.64. The van der Waals surface area contributed by atoms with Gasteiger partial charge in [0.05, 0.1) is 12.7 Å². The number of phenolic OH excluding ortho intramolecular Hbond substituents is 2. The molecule has 0 spiro atoms. The summed E-state index contributed by atoms with van der Waals surface area (Å²) in [4.78, 5) is 8.03. The number of hydrogen-bond donors (Lipinski definition) is 2. The van der Waals surface area contributed by atoms with Crippen molar-refractivity contribution >= 4 is 10.8 Å². The average molecular weight is 292 g/mol. The molecule has 2 N–H and O–H groups in total. The van der Waals surface area contributed by atoms with E-state index in [0.29, 0.717) is 22.1 Å². The van der Waals surface area contributed by atoms with Crippen LogP contribution >= 0.6 is 0 Å². The maximum atomic E-state index is 10.7. The van der Waals surface area contributed by atoms with Crippen LogP contribution in [0, 0.1) is 0 Å². The molecular weight excluding hydrogens is 280 g/mol. The van der Waals surface area contributed by atoms with Gasteiger partial charge in [0.2, 0.25) is 0 Å². The molecule has 4 rings (SSSR count). The fraction of sp³-hybridized carbons (Fsp3) is 0. The summed E-state index contributed by atoms with van der Waals surface area (Å²) in [6.07, 6.45) is 9.80. The molecule has 2 heterocycles. The monoisotopic (exact) mass is 292 g/mol. The lowest BCUT2D eigenvalue weighted by Gasteiger charge is -2.17. The summed E-state index contributed by atoms with van der Waals surface area (Å²) in [6.45, 7) is 0. The number of hydrogen-bond acceptors (Lipinski definition) is 4. The van der Waals surface area contributed by atoms with Crippen molar-refractivity contribution in [2.45, 2.75) is 0 Å². The molecule has 4 aromatic rings. The van der Waals surface area contributed by atoms with E-state index in [1.54, 1.807) is 58.7 Å². The van der Waals surface area contributed by atoms with Crippen LogP contribution in [0.4, 0.5) is 0 Å². The van der Waals surface area contributed by atoms with Crippen LogP contribution in [0.1, 0.15) is 0 Å². The van der Waals surface area contributed by atoms with Crippen LogP contribution in [0.5, 0.6) is 11.5 Å². The number of benzene rings is 2. The Morgan fingerprint density at radius 3 is 1.55 bits per heavy atom. The zero-order valence-corrected chi connectivity index (χ0v) is 11.5. The van der Waals surface area contributed by atoms with Crippen molar-refractivity contribution in [1.29, 1.82) is 0 Å². The molecule has 0 saturated heterocycles. The summed E-state index contributed by atoms with van der Waals surface area (Å²) >= 11 is 0. The predicted molar refractivity (Wildman–Crippen MR) is 81.5 cm³/mol. The van der Waals surface area contributed by atoms with Gasteiger partial charge < -0.3 is 19.3 Å². The second kappa shape index (κ2) is 4.63. The van der Waals surface area contributed by atoms with E-state index in [4.69, 9.17) is 0 Å². The summed E-state index contributed by atoms with van der Waals surface area (Å²) in [5.41, 5.74) is 0.901. The highest BCUT2D eigenvalue weighted by molar-refractivity contribution is 6.00. The van der Waals surface area contributed by atoms with E-state index in [1.807, 2.05) is 12.1 Å². The Bertz CT molecular complexity index is 865. The van der Waals surface area contributed by atoms with Crippen molar-refractivity contribution < 1.29 is 10.2 Å². The highest BCUT2D eigenvalue weighted by Crippen LogP contribution is 2.43. The maximum Gasteiger partial charge on any atom is 0.149 e. The van der Waals surface area contributed by atoms with E-state index in [9.17, 15) is 10.2 Å². The van der Waals surface area contributed by atoms with Gasteiger partial charge in [0, 0.05) is 35.6 Å². The van der Waals surface area contributed by atoms with Gasteiger partial charge in [0.1, 0.15) is 22.9 Å². The number of fused-ring (bicyclic) bond motifs is 1. The molecule has 0 radical (unpaired) electrons. The maximum absolute atomic E-state index is 10.7. The van der Waals surface area contributed by atoms with Crippen molar-refractivity contribution in [1.82, 2.24) is 19.1 Å². The third-order valence-corrected chi connectivity index (χ3v) is 3.64. The lowest BCUT2D eigenvalue weighted by molar-refractivity contribution is 0.464. The third kappa shape index (κ3) is 1.67. The number of phenols is 2. The van der Waals surface area contributed by atoms with Crippen molar-refractivity contribution in [3.8, 4) is 22.9 Å². The van der Waals surface area contributed by atoms with E-state index in [-0.39, 0.29) is 11.5 Å². The van der Waals surface area contributed by atoms with Crippen molar-refractivity contribution in [2.24, 2.45) is 0 Å². The van der Waals surface area contributed by atoms with E-state index in [0.717, 1.165) is 0 Å². The summed E-state index contributed by atoms with van der Waals surface area (Å²) in [6, 6.07) is 7.16. The molecule has 6 nitrogen and oxygen atoms in total. The topological polar surface area (TPSA) is 76.1 Å². The summed E-state index contributed by atoms with van der Waals surface area (Å²) in [5.74, 6) is 0.158. The highest BCUT2D eigenvalue weighted by Gasteiger charge is 2.21. The van der Waals surface area contributed by atoms with Crippen LogP contribution in [0.3, 0.4) is 0 Å². The Labute approximate surface area is 125 Å². The standard InChI is InChI=1S/C16H12N4O2/c21-15-11-3-1-2-4-12(11)16(22)14(20-8-6-18-10-20)13(15)19-7-5-17-9-19/h1-10,21-22H. The fourth-order valence-corrected chi connectivity index (χ4v) is 2.65. The molecule has 2 aromatic carbocycles. The Morgan fingerprint density at radius 2 is 1.18 bits per heavy atom. The van der Waals surface area contributed by atoms with Crippen molar-refractivity contribution in [3.05, 3.63) is 61.7 Å². The van der Waals surface area contributed by atoms with Crippen LogP contribution in [-0.4, -0.2) is 29.3 Å². The zero-order chi connectivity index (χ0) is 15.1. The first-order valence-corrected chi connectivity index (χ1v) is 6.70. The summed E-state index contributed by atoms with van der Waals surface area (Å²) < 4.78 is 3.33. The molecule has 0 aliphatic heterocycles. The van der Waals surface area contributed by atoms with Crippen LogP contribution in [0.15, 0.2) is 61.7 Å². The van der Waals surface area contributed by atoms with Gasteiger partial charge in [-0.15, -0.1) is 0 Å². The van der Waals surface area contributed by atoms with Gasteiger partial charge in [0.25, 0.3) is 0 Å². The lowest BCUT2D eigenvalue weighted by Crippen LogP contribution is -2.02. The van der Waals surface area contributed by atoms with Gasteiger partial charge in [-0.25, -0.2) is 9.97 Å². The molecule has 0 aliphatic carbocycles. The first-order valence-electron chi connectivity index (χ1n) is 6.70. The van der Waals surface area contributed by atoms with Gasteiger partial charge in [-0.05, 0) is 0 Å². The Morgan fingerprint density at radius 1 is 0.727 bits per heavy atom. The minimum absolute atomic E-state index is 0.0788. The number of nitrogens with zero attached hydrogens (tertiary/aromatic N) is 4. The van der Waals surface area contributed by atoms with E-state index < -0.39 is 0 Å². The van der Waals surface area contributed by atoms with Crippen molar-refractivity contribution in [2.75, 3.05) is 0 Å². The molecule has 0 atom stereocenters. The number of aromatic nitrogens is 4. The minimum atomic E-state index is 0.0788. The molecule has 0 fully saturated rings. The molecule has 22 heavy (non-hydrogen) atoms. The Balaban J connectivity index is 2.20. The smallest absolute Gasteiger partial charge is 0.149 e. The predicted octanol–water partition coefficient (Wildman–Crippen LogP) is 2.62. The minimum Gasteiger partial charge on any atom is -0.505 e. The summed E-state index contributed by atoms with van der Waals surface area (Å²) in [5, 5.41) is 22.6. The van der Waals surface area contributed by atoms with Crippen LogP contribution in [-0.2, 0) is 0 Å². The van der Waals surface area contributed by atoms with Crippen LogP contribution < -0.4 is 0 Å². The zero-order valence-electron chi connectivity index (χ0n) is 11.5. The van der Waals surface area contributed by atoms with Gasteiger partial charge >= 0.3 is 0 Å². The number of rotatable bonds is 2. The van der Waals surface area contributed by atoms with Crippen LogP contribution in [0.25, 0.3) is 22.1 Å². The molecule has 6 heteroatoms. The lowest BCUT2D eigenvalue weighted by atomic mass is 10.0. The second-order valence-corrected chi connectivity index (χ2v) is 4.88. The van der Waals surface area contributed by atoms with Gasteiger partial charge in [-0.1, -0.05) is 24.3 Å². The first-order chi connectivity index (χ1) is 10.8. The quantitative estimate of drug-likeness (QED) is 0.557. The van der Waals surface area contributed by atoms with Gasteiger partial charge in [0.15, 0.2) is 0 Å². The van der Waals surface area contributed by atoms with Gasteiger partial charge in [-0.3, -0.25) is 0 Å². The Hall–Kier alpha value is -3.28. The first kappa shape index (κ1) is 12.5. The SMILES string of the molecule is Oc1c(-n2ccnc2)c(-n2ccnc2)c(O)c2ccccc12. The van der Waals surface area contributed by atoms with Crippen molar-refractivity contribution in [3.63, 3.8) is 0 Å². The second-order valence-electron chi connectivity index (χ2n) is 4.88. The van der Waals surface area contributed by atoms with E-state index >= 15 is 0 Å². The number of imidazole rings is 2. The highest BCUT2D eigenvalue weighted by atomic mass is 16.3. The molecule has 108 valence electrons. The normalized spacial score (nSPS) is 11.1. The molecule has 0 bridgehead atoms. The molecule has 0 saturated carbocycles. The van der Waals surface area contributed by atoms with E-state index in [1.165, 1.54) is 0 Å². The van der Waals surface area contributed by atoms with Gasteiger partial charge in [-0.2, -0.15) is 0 Å². The fourth-order valence-electron chi connectivity index (χ4n) is 2.65. The molecule has 0 amide bonds. The summed E-state index contributed by atoms with van der Waals surface area (Å²) in [7, 11) is 0. The number of aromatic hydroxyl groups is 2. The average Bonchev–Trinajstić information content (AvgIpc) is 3.23. The molecule has 0 aliphatic rings.